The van der Waals surface area contributed by atoms with Crippen molar-refractivity contribution in [2.24, 2.45) is 41.4 Å². The van der Waals surface area contributed by atoms with Crippen molar-refractivity contribution < 1.29 is 0 Å². The minimum Gasteiger partial charge on any atom is -0.314 e. The summed E-state index contributed by atoms with van der Waals surface area (Å²) >= 11 is 0. The molecular weight excluding hydrogens is 309 g/mol. The second kappa shape index (κ2) is 9.36. The fourth-order valence-electron chi connectivity index (χ4n) is 6.29. The van der Waals surface area contributed by atoms with Gasteiger partial charge in [-0.3, -0.25) is 0 Å². The van der Waals surface area contributed by atoms with Crippen LogP contribution in [-0.2, 0) is 0 Å². The molecule has 2 aliphatic rings. The molecule has 24 heavy (non-hydrogen) atoms. The standard InChI is InChI=1S/C22H44NP/c1-7-9-12-23-19-11-10-18-16(5)17(6)21(18)14(3)13-15(4)22(19)20(24)8-2/h14-23H,7-13,24H2,1-6H3. The molecule has 0 heterocycles. The molecule has 10 atom stereocenters. The van der Waals surface area contributed by atoms with Crippen LogP contribution in [-0.4, -0.2) is 18.2 Å². The maximum absolute atomic E-state index is 4.00. The molecule has 0 saturated heterocycles. The van der Waals surface area contributed by atoms with Gasteiger partial charge in [0.25, 0.3) is 0 Å². The summed E-state index contributed by atoms with van der Waals surface area (Å²) in [5, 5.41) is 4.00. The van der Waals surface area contributed by atoms with Crippen LogP contribution < -0.4 is 5.32 Å². The number of rotatable bonds is 6. The molecule has 0 radical (unpaired) electrons. The maximum atomic E-state index is 4.00. The highest BCUT2D eigenvalue weighted by molar-refractivity contribution is 7.17. The molecule has 2 saturated carbocycles. The average molecular weight is 354 g/mol. The van der Waals surface area contributed by atoms with Gasteiger partial charge in [-0.1, -0.05) is 48.0 Å². The van der Waals surface area contributed by atoms with Crippen LogP contribution in [0.3, 0.4) is 0 Å². The molecule has 2 fully saturated rings. The van der Waals surface area contributed by atoms with Gasteiger partial charge in [-0.25, -0.2) is 0 Å². The molecule has 0 bridgehead atoms. The van der Waals surface area contributed by atoms with Gasteiger partial charge < -0.3 is 5.32 Å². The van der Waals surface area contributed by atoms with Gasteiger partial charge in [-0.05, 0) is 85.7 Å². The Morgan fingerprint density at radius 1 is 1.00 bits per heavy atom. The SMILES string of the molecule is CCCCNC1CCC2C(C)C(C)C2C(C)CC(C)C1C(P)CC. The Morgan fingerprint density at radius 2 is 1.71 bits per heavy atom. The molecule has 0 spiro atoms. The summed E-state index contributed by atoms with van der Waals surface area (Å²) in [5.74, 6) is 6.42. The van der Waals surface area contributed by atoms with Crippen molar-refractivity contribution in [1.29, 1.82) is 0 Å². The zero-order chi connectivity index (χ0) is 17.9. The molecule has 0 aromatic heterocycles. The molecule has 2 rings (SSSR count). The van der Waals surface area contributed by atoms with Crippen molar-refractivity contribution in [3.8, 4) is 0 Å². The van der Waals surface area contributed by atoms with Crippen LogP contribution in [0.5, 0.6) is 0 Å². The summed E-state index contributed by atoms with van der Waals surface area (Å²) in [6.07, 6.45) is 8.19. The highest BCUT2D eigenvalue weighted by Crippen LogP contribution is 2.54. The third kappa shape index (κ3) is 4.37. The molecule has 142 valence electrons. The molecule has 0 aliphatic heterocycles. The normalized spacial score (nSPS) is 44.6. The van der Waals surface area contributed by atoms with Gasteiger partial charge in [0.1, 0.15) is 0 Å². The minimum atomic E-state index is 0.725. The highest BCUT2D eigenvalue weighted by atomic mass is 31.0. The van der Waals surface area contributed by atoms with Crippen molar-refractivity contribution in [2.45, 2.75) is 91.8 Å². The van der Waals surface area contributed by atoms with E-state index in [2.05, 4.69) is 56.1 Å². The van der Waals surface area contributed by atoms with Crippen LogP contribution in [0.4, 0.5) is 0 Å². The third-order valence-electron chi connectivity index (χ3n) is 7.84. The minimum absolute atomic E-state index is 0.725. The van der Waals surface area contributed by atoms with E-state index in [9.17, 15) is 0 Å². The molecule has 1 N–H and O–H groups in total. The third-order valence-corrected chi connectivity index (χ3v) is 8.76. The van der Waals surface area contributed by atoms with Crippen LogP contribution >= 0.6 is 9.24 Å². The quantitative estimate of drug-likeness (QED) is 0.457. The first-order chi connectivity index (χ1) is 11.4. The second-order valence-corrected chi connectivity index (χ2v) is 10.1. The lowest BCUT2D eigenvalue weighted by Crippen LogP contribution is -2.47. The zero-order valence-electron chi connectivity index (χ0n) is 17.2. The van der Waals surface area contributed by atoms with Crippen LogP contribution in [0.15, 0.2) is 0 Å². The summed E-state index contributed by atoms with van der Waals surface area (Å²) in [7, 11) is 3.20. The summed E-state index contributed by atoms with van der Waals surface area (Å²) in [5.41, 5.74) is 0.761. The lowest BCUT2D eigenvalue weighted by atomic mass is 9.52. The van der Waals surface area contributed by atoms with Crippen molar-refractivity contribution in [3.63, 3.8) is 0 Å². The van der Waals surface area contributed by atoms with Gasteiger partial charge in [0.05, 0.1) is 0 Å². The van der Waals surface area contributed by atoms with Gasteiger partial charge in [0, 0.05) is 6.04 Å². The van der Waals surface area contributed by atoms with E-state index >= 15 is 0 Å². The Morgan fingerprint density at radius 3 is 2.33 bits per heavy atom. The summed E-state index contributed by atoms with van der Waals surface area (Å²) < 4.78 is 0. The smallest absolute Gasteiger partial charge is 0.0104 e. The van der Waals surface area contributed by atoms with Gasteiger partial charge in [0.2, 0.25) is 0 Å². The van der Waals surface area contributed by atoms with Crippen LogP contribution in [0.2, 0.25) is 0 Å². The summed E-state index contributed by atoms with van der Waals surface area (Å²) in [6.45, 7) is 16.0. The fourth-order valence-corrected chi connectivity index (χ4v) is 6.94. The topological polar surface area (TPSA) is 12.0 Å². The van der Waals surface area contributed by atoms with Crippen molar-refractivity contribution in [2.75, 3.05) is 6.54 Å². The first-order valence-electron chi connectivity index (χ1n) is 10.9. The number of unbranched alkanes of at least 4 members (excludes halogenated alkanes) is 1. The van der Waals surface area contributed by atoms with E-state index in [1.807, 2.05) is 0 Å². The van der Waals surface area contributed by atoms with Gasteiger partial charge in [0.15, 0.2) is 0 Å². The first kappa shape index (κ1) is 20.7. The maximum Gasteiger partial charge on any atom is 0.0104 e. The first-order valence-corrected chi connectivity index (χ1v) is 11.6. The summed E-state index contributed by atoms with van der Waals surface area (Å²) in [6, 6.07) is 0.725. The number of nitrogens with one attached hydrogen (secondary N) is 1. The lowest BCUT2D eigenvalue weighted by molar-refractivity contribution is -0.0435. The van der Waals surface area contributed by atoms with E-state index in [0.29, 0.717) is 0 Å². The van der Waals surface area contributed by atoms with Gasteiger partial charge >= 0.3 is 0 Å². The van der Waals surface area contributed by atoms with Crippen molar-refractivity contribution in [3.05, 3.63) is 0 Å². The second-order valence-electron chi connectivity index (χ2n) is 9.29. The lowest BCUT2D eigenvalue weighted by Gasteiger charge is -2.53. The predicted molar refractivity (Wildman–Crippen MR) is 111 cm³/mol. The van der Waals surface area contributed by atoms with E-state index in [1.54, 1.807) is 0 Å². The molecule has 10 unspecified atom stereocenters. The zero-order valence-corrected chi connectivity index (χ0v) is 18.4. The average Bonchev–Trinajstić information content (AvgIpc) is 2.60. The Kier molecular flexibility index (Phi) is 8.07. The number of hydrogen-bond acceptors (Lipinski definition) is 1. The van der Waals surface area contributed by atoms with Crippen molar-refractivity contribution in [1.82, 2.24) is 5.32 Å². The molecular formula is C22H44NP. The molecule has 1 nitrogen and oxygen atoms in total. The number of hydrogen-bond donors (Lipinski definition) is 1. The van der Waals surface area contributed by atoms with E-state index in [-0.39, 0.29) is 0 Å². The van der Waals surface area contributed by atoms with Crippen LogP contribution in [0.25, 0.3) is 0 Å². The monoisotopic (exact) mass is 353 g/mol. The highest BCUT2D eigenvalue weighted by Gasteiger charge is 2.48. The van der Waals surface area contributed by atoms with E-state index in [0.717, 1.165) is 53.1 Å². The predicted octanol–water partition coefficient (Wildman–Crippen LogP) is 5.99. The Bertz CT molecular complexity index is 371. The molecule has 0 aromatic rings. The van der Waals surface area contributed by atoms with E-state index in [4.69, 9.17) is 0 Å². The van der Waals surface area contributed by atoms with Crippen LogP contribution in [0, 0.1) is 41.4 Å². The Balaban J connectivity index is 2.16. The number of fused-ring (bicyclic) bond motifs is 1. The fraction of sp³-hybridized carbons (Fsp3) is 1.00. The summed E-state index contributed by atoms with van der Waals surface area (Å²) in [4.78, 5) is 0. The molecule has 2 aliphatic carbocycles. The van der Waals surface area contributed by atoms with Gasteiger partial charge in [-0.2, -0.15) is 0 Å². The van der Waals surface area contributed by atoms with E-state index < -0.39 is 0 Å². The Labute approximate surface area is 154 Å². The largest absolute Gasteiger partial charge is 0.314 e. The van der Waals surface area contributed by atoms with E-state index in [1.165, 1.54) is 45.1 Å². The van der Waals surface area contributed by atoms with Gasteiger partial charge in [-0.15, -0.1) is 9.24 Å². The Hall–Kier alpha value is 0.390. The molecule has 0 aromatic carbocycles. The van der Waals surface area contributed by atoms with Crippen molar-refractivity contribution >= 4 is 9.24 Å². The van der Waals surface area contributed by atoms with Crippen LogP contribution in [0.1, 0.15) is 80.1 Å². The molecule has 0 amide bonds. The molecule has 2 heteroatoms.